The molecule has 0 radical (unpaired) electrons. The van der Waals surface area contributed by atoms with E-state index >= 15 is 0 Å². The lowest BCUT2D eigenvalue weighted by Crippen LogP contribution is -2.28. The highest BCUT2D eigenvalue weighted by Crippen LogP contribution is 2.26. The van der Waals surface area contributed by atoms with E-state index in [0.29, 0.717) is 17.2 Å². The lowest BCUT2D eigenvalue weighted by molar-refractivity contribution is 0.102. The van der Waals surface area contributed by atoms with Gasteiger partial charge in [-0.2, -0.15) is 0 Å². The maximum absolute atomic E-state index is 13.3. The minimum absolute atomic E-state index is 0.0589. The zero-order valence-corrected chi connectivity index (χ0v) is 19.0. The van der Waals surface area contributed by atoms with Crippen LogP contribution in [0.15, 0.2) is 96.0 Å². The average Bonchev–Trinajstić information content (AvgIpc) is 2.84. The van der Waals surface area contributed by atoms with E-state index < -0.39 is 15.9 Å². The van der Waals surface area contributed by atoms with Crippen molar-refractivity contribution < 1.29 is 13.2 Å². The second kappa shape index (κ2) is 9.22. The maximum Gasteiger partial charge on any atom is 0.264 e. The number of para-hydroxylation sites is 1. The molecular formula is C25H22N4O3S. The van der Waals surface area contributed by atoms with Crippen LogP contribution in [0.2, 0.25) is 0 Å². The number of aryl methyl sites for hydroxylation is 1. The molecule has 33 heavy (non-hydrogen) atoms. The molecule has 0 spiro atoms. The Kier molecular flexibility index (Phi) is 6.19. The fraction of sp³-hybridized carbons (Fsp3) is 0.0800. The Labute approximate surface area is 192 Å². The Hall–Kier alpha value is -4.04. The van der Waals surface area contributed by atoms with Gasteiger partial charge in [0, 0.05) is 24.5 Å². The number of nitrogens with zero attached hydrogens (tertiary/aromatic N) is 3. The molecule has 0 aliphatic carbocycles. The van der Waals surface area contributed by atoms with Crippen molar-refractivity contribution in [1.82, 2.24) is 9.97 Å². The van der Waals surface area contributed by atoms with Crippen molar-refractivity contribution in [1.29, 1.82) is 0 Å². The van der Waals surface area contributed by atoms with Crippen molar-refractivity contribution in [2.24, 2.45) is 0 Å². The highest BCUT2D eigenvalue weighted by Gasteiger charge is 2.26. The maximum atomic E-state index is 13.3. The summed E-state index contributed by atoms with van der Waals surface area (Å²) in [5.74, 6) is 0.121. The largest absolute Gasteiger partial charge is 0.322 e. The molecule has 3 aromatic carbocycles. The van der Waals surface area contributed by atoms with E-state index in [0.717, 1.165) is 15.6 Å². The molecule has 0 bridgehead atoms. The lowest BCUT2D eigenvalue weighted by Gasteiger charge is -2.21. The van der Waals surface area contributed by atoms with Gasteiger partial charge in [-0.1, -0.05) is 42.5 Å². The molecule has 4 aromatic rings. The lowest BCUT2D eigenvalue weighted by atomic mass is 10.1. The molecular weight excluding hydrogens is 436 g/mol. The topological polar surface area (TPSA) is 92.3 Å². The molecule has 0 atom stereocenters. The Morgan fingerprint density at radius 2 is 1.64 bits per heavy atom. The highest BCUT2D eigenvalue weighted by molar-refractivity contribution is 7.92. The van der Waals surface area contributed by atoms with Crippen LogP contribution in [-0.2, 0) is 10.0 Å². The molecule has 1 aromatic heterocycles. The van der Waals surface area contributed by atoms with Crippen LogP contribution in [0, 0.1) is 6.92 Å². The van der Waals surface area contributed by atoms with Crippen LogP contribution in [0.4, 0.5) is 11.4 Å². The number of rotatable bonds is 6. The first-order valence-electron chi connectivity index (χ1n) is 10.2. The van der Waals surface area contributed by atoms with Gasteiger partial charge in [-0.3, -0.25) is 9.10 Å². The number of sulfonamides is 1. The summed E-state index contributed by atoms with van der Waals surface area (Å²) in [6, 6.07) is 23.9. The summed E-state index contributed by atoms with van der Waals surface area (Å²) in [5.41, 5.74) is 2.62. The molecule has 0 aliphatic rings. The van der Waals surface area contributed by atoms with Crippen LogP contribution >= 0.6 is 0 Å². The molecule has 7 nitrogen and oxygen atoms in total. The first-order chi connectivity index (χ1) is 15.9. The minimum Gasteiger partial charge on any atom is -0.322 e. The van der Waals surface area contributed by atoms with Crippen molar-refractivity contribution in [3.05, 3.63) is 103 Å². The summed E-state index contributed by atoms with van der Waals surface area (Å²) < 4.78 is 27.8. The van der Waals surface area contributed by atoms with Gasteiger partial charge in [-0.05, 0) is 49.4 Å². The molecule has 8 heteroatoms. The number of hydrogen-bond acceptors (Lipinski definition) is 5. The van der Waals surface area contributed by atoms with E-state index in [4.69, 9.17) is 0 Å². The highest BCUT2D eigenvalue weighted by atomic mass is 32.2. The fourth-order valence-electron chi connectivity index (χ4n) is 3.38. The van der Waals surface area contributed by atoms with Gasteiger partial charge < -0.3 is 5.32 Å². The third kappa shape index (κ3) is 4.75. The predicted molar refractivity (Wildman–Crippen MR) is 129 cm³/mol. The van der Waals surface area contributed by atoms with Crippen molar-refractivity contribution in [2.45, 2.75) is 11.8 Å². The van der Waals surface area contributed by atoms with E-state index in [2.05, 4.69) is 15.3 Å². The van der Waals surface area contributed by atoms with Crippen molar-refractivity contribution >= 4 is 27.3 Å². The van der Waals surface area contributed by atoms with Crippen LogP contribution in [0.5, 0.6) is 0 Å². The van der Waals surface area contributed by atoms with Gasteiger partial charge in [0.2, 0.25) is 0 Å². The molecule has 1 amide bonds. The first-order valence-corrected chi connectivity index (χ1v) is 11.6. The van der Waals surface area contributed by atoms with Crippen LogP contribution in [0.25, 0.3) is 11.3 Å². The fourth-order valence-corrected chi connectivity index (χ4v) is 4.76. The van der Waals surface area contributed by atoms with Gasteiger partial charge in [0.15, 0.2) is 0 Å². The number of anilines is 2. The van der Waals surface area contributed by atoms with E-state index in [9.17, 15) is 13.2 Å². The Morgan fingerprint density at radius 1 is 0.909 bits per heavy atom. The Bertz CT molecular complexity index is 1410. The number of aromatic nitrogens is 2. The standard InChI is InChI=1S/C25H22N4O3S/c1-18-26-16-15-23(27-18)19-9-8-10-20(17-19)28-25(30)22-13-6-7-14-24(22)33(31,32)29(2)21-11-4-3-5-12-21/h3-17H,1-2H3,(H,28,30). The smallest absolute Gasteiger partial charge is 0.264 e. The van der Waals surface area contributed by atoms with E-state index in [1.165, 1.54) is 19.2 Å². The van der Waals surface area contributed by atoms with Gasteiger partial charge in [0.05, 0.1) is 16.9 Å². The molecule has 1 heterocycles. The van der Waals surface area contributed by atoms with Crippen LogP contribution < -0.4 is 9.62 Å². The van der Waals surface area contributed by atoms with Crippen molar-refractivity contribution in [3.63, 3.8) is 0 Å². The monoisotopic (exact) mass is 458 g/mol. The van der Waals surface area contributed by atoms with E-state index in [1.54, 1.807) is 73.8 Å². The number of carbonyl (C=O) groups excluding carboxylic acids is 1. The first kappa shape index (κ1) is 22.2. The van der Waals surface area contributed by atoms with Crippen molar-refractivity contribution in [2.75, 3.05) is 16.7 Å². The average molecular weight is 459 g/mol. The predicted octanol–water partition coefficient (Wildman–Crippen LogP) is 4.53. The summed E-state index contributed by atoms with van der Waals surface area (Å²) in [6.45, 7) is 1.80. The number of amides is 1. The Balaban J connectivity index is 1.64. The van der Waals surface area contributed by atoms with Gasteiger partial charge in [0.25, 0.3) is 15.9 Å². The summed E-state index contributed by atoms with van der Waals surface area (Å²) in [7, 11) is -2.50. The molecule has 0 aliphatic heterocycles. The van der Waals surface area contributed by atoms with Crippen molar-refractivity contribution in [3.8, 4) is 11.3 Å². The SMILES string of the molecule is Cc1nccc(-c2cccc(NC(=O)c3ccccc3S(=O)(=O)N(C)c3ccccc3)c2)n1. The molecule has 0 saturated carbocycles. The van der Waals surface area contributed by atoms with Gasteiger partial charge in [-0.15, -0.1) is 0 Å². The van der Waals surface area contributed by atoms with E-state index in [-0.39, 0.29) is 10.5 Å². The molecule has 166 valence electrons. The van der Waals surface area contributed by atoms with Gasteiger partial charge in [-0.25, -0.2) is 18.4 Å². The molecule has 0 fully saturated rings. The summed E-state index contributed by atoms with van der Waals surface area (Å²) in [6.07, 6.45) is 1.67. The summed E-state index contributed by atoms with van der Waals surface area (Å²) >= 11 is 0. The Morgan fingerprint density at radius 3 is 2.39 bits per heavy atom. The zero-order chi connectivity index (χ0) is 23.4. The molecule has 4 rings (SSSR count). The van der Waals surface area contributed by atoms with Gasteiger partial charge >= 0.3 is 0 Å². The third-order valence-electron chi connectivity index (χ3n) is 5.08. The quantitative estimate of drug-likeness (QED) is 0.458. The second-order valence-corrected chi connectivity index (χ2v) is 9.27. The van der Waals surface area contributed by atoms with Gasteiger partial charge in [0.1, 0.15) is 10.7 Å². The number of carbonyl (C=O) groups is 1. The number of benzene rings is 3. The normalized spacial score (nSPS) is 11.1. The molecule has 0 unspecified atom stereocenters. The van der Waals surface area contributed by atoms with Crippen LogP contribution in [-0.4, -0.2) is 31.3 Å². The summed E-state index contributed by atoms with van der Waals surface area (Å²) in [4.78, 5) is 21.6. The number of nitrogens with one attached hydrogen (secondary N) is 1. The molecule has 0 saturated heterocycles. The zero-order valence-electron chi connectivity index (χ0n) is 18.1. The van der Waals surface area contributed by atoms with Crippen LogP contribution in [0.1, 0.15) is 16.2 Å². The van der Waals surface area contributed by atoms with Crippen LogP contribution in [0.3, 0.4) is 0 Å². The molecule has 1 N–H and O–H groups in total. The van der Waals surface area contributed by atoms with E-state index in [1.807, 2.05) is 12.1 Å². The minimum atomic E-state index is -3.96. The number of hydrogen-bond donors (Lipinski definition) is 1. The second-order valence-electron chi connectivity index (χ2n) is 7.33. The summed E-state index contributed by atoms with van der Waals surface area (Å²) in [5, 5.41) is 2.81. The third-order valence-corrected chi connectivity index (χ3v) is 6.93.